The molecular weight excluding hydrogens is 378 g/mol. The molecule has 0 radical (unpaired) electrons. The first kappa shape index (κ1) is 20.4. The molecule has 30 heavy (non-hydrogen) atoms. The topological polar surface area (TPSA) is 53.1 Å². The summed E-state index contributed by atoms with van der Waals surface area (Å²) >= 11 is 0. The molecule has 0 aliphatic carbocycles. The molecule has 0 bridgehead atoms. The van der Waals surface area contributed by atoms with Crippen molar-refractivity contribution in [2.75, 3.05) is 50.8 Å². The Morgan fingerprint density at radius 2 is 1.67 bits per heavy atom. The van der Waals surface area contributed by atoms with E-state index in [2.05, 4.69) is 41.0 Å². The lowest BCUT2D eigenvalue weighted by Crippen LogP contribution is -2.46. The van der Waals surface area contributed by atoms with Gasteiger partial charge < -0.3 is 9.64 Å². The number of hydrogen-bond acceptors (Lipinski definition) is 5. The highest BCUT2D eigenvalue weighted by Crippen LogP contribution is 2.23. The standard InChI is InChI=1S/C24H29N3O3/c1-19-7-6-8-20(17-19)26-15-13-25(14-16-26)11-4-5-12-27-23(28)18-30-22-10-3-2-9-21(22)24(27)29/h2-3,6-10,17H,4-5,11-16,18H2,1H3. The summed E-state index contributed by atoms with van der Waals surface area (Å²) in [5, 5.41) is 0. The van der Waals surface area contributed by atoms with E-state index < -0.39 is 0 Å². The van der Waals surface area contributed by atoms with Crippen LogP contribution in [0.5, 0.6) is 5.75 Å². The van der Waals surface area contributed by atoms with Crippen LogP contribution in [0.25, 0.3) is 0 Å². The van der Waals surface area contributed by atoms with Gasteiger partial charge in [-0.05, 0) is 56.1 Å². The Morgan fingerprint density at radius 1 is 0.900 bits per heavy atom. The molecule has 2 aromatic carbocycles. The Balaban J connectivity index is 1.23. The zero-order valence-electron chi connectivity index (χ0n) is 17.5. The molecule has 0 aromatic heterocycles. The molecule has 1 saturated heterocycles. The van der Waals surface area contributed by atoms with E-state index in [9.17, 15) is 9.59 Å². The van der Waals surface area contributed by atoms with Crippen LogP contribution in [0, 0.1) is 6.92 Å². The third-order valence-corrected chi connectivity index (χ3v) is 5.86. The SMILES string of the molecule is Cc1cccc(N2CCN(CCCCN3C(=O)COc4ccccc4C3=O)CC2)c1. The third-order valence-electron chi connectivity index (χ3n) is 5.86. The van der Waals surface area contributed by atoms with Crippen LogP contribution in [0.1, 0.15) is 28.8 Å². The van der Waals surface area contributed by atoms with Gasteiger partial charge in [-0.1, -0.05) is 24.3 Å². The maximum Gasteiger partial charge on any atom is 0.267 e. The van der Waals surface area contributed by atoms with Gasteiger partial charge in [0.25, 0.3) is 11.8 Å². The maximum atomic E-state index is 12.7. The fraction of sp³-hybridized carbons (Fsp3) is 0.417. The summed E-state index contributed by atoms with van der Waals surface area (Å²) in [6, 6.07) is 15.7. The maximum absolute atomic E-state index is 12.7. The lowest BCUT2D eigenvalue weighted by Gasteiger charge is -2.36. The van der Waals surface area contributed by atoms with Crippen LogP contribution in [-0.4, -0.2) is 67.5 Å². The van der Waals surface area contributed by atoms with E-state index in [1.807, 2.05) is 6.07 Å². The smallest absolute Gasteiger partial charge is 0.267 e. The van der Waals surface area contributed by atoms with Crippen LogP contribution < -0.4 is 9.64 Å². The van der Waals surface area contributed by atoms with Gasteiger partial charge in [-0.25, -0.2) is 0 Å². The highest BCUT2D eigenvalue weighted by Gasteiger charge is 2.28. The van der Waals surface area contributed by atoms with Crippen molar-refractivity contribution in [2.24, 2.45) is 0 Å². The first-order valence-corrected chi connectivity index (χ1v) is 10.7. The Kier molecular flexibility index (Phi) is 6.33. The van der Waals surface area contributed by atoms with E-state index >= 15 is 0 Å². The van der Waals surface area contributed by atoms with Gasteiger partial charge in [-0.3, -0.25) is 19.4 Å². The van der Waals surface area contributed by atoms with Gasteiger partial charge in [0.2, 0.25) is 0 Å². The number of fused-ring (bicyclic) bond motifs is 1. The fourth-order valence-corrected chi connectivity index (χ4v) is 4.13. The fourth-order valence-electron chi connectivity index (χ4n) is 4.13. The minimum absolute atomic E-state index is 0.0797. The number of nitrogens with zero attached hydrogens (tertiary/aromatic N) is 3. The monoisotopic (exact) mass is 407 g/mol. The number of anilines is 1. The molecule has 1 fully saturated rings. The number of imide groups is 1. The summed E-state index contributed by atoms with van der Waals surface area (Å²) in [4.78, 5) is 31.4. The number of hydrogen-bond donors (Lipinski definition) is 0. The van der Waals surface area contributed by atoms with E-state index in [4.69, 9.17) is 4.74 Å². The van der Waals surface area contributed by atoms with Crippen LogP contribution in [0.3, 0.4) is 0 Å². The predicted octanol–water partition coefficient (Wildman–Crippen LogP) is 2.96. The quantitative estimate of drug-likeness (QED) is 0.544. The lowest BCUT2D eigenvalue weighted by molar-refractivity contribution is -0.130. The molecule has 0 saturated carbocycles. The number of rotatable bonds is 6. The Bertz CT molecular complexity index is 906. The molecule has 6 heteroatoms. The number of piperazine rings is 1. The molecule has 2 heterocycles. The van der Waals surface area contributed by atoms with Gasteiger partial charge in [0, 0.05) is 38.4 Å². The number of para-hydroxylation sites is 1. The molecular formula is C24H29N3O3. The minimum Gasteiger partial charge on any atom is -0.483 e. The van der Waals surface area contributed by atoms with Crippen molar-refractivity contribution in [3.63, 3.8) is 0 Å². The molecule has 0 unspecified atom stereocenters. The Hall–Kier alpha value is -2.86. The summed E-state index contributed by atoms with van der Waals surface area (Å²) in [6.07, 6.45) is 1.77. The summed E-state index contributed by atoms with van der Waals surface area (Å²) in [6.45, 7) is 7.62. The second-order valence-electron chi connectivity index (χ2n) is 8.01. The van der Waals surface area contributed by atoms with Crippen LogP contribution in [-0.2, 0) is 4.79 Å². The average Bonchev–Trinajstić information content (AvgIpc) is 2.89. The van der Waals surface area contributed by atoms with Crippen molar-refractivity contribution in [1.82, 2.24) is 9.80 Å². The molecule has 2 aliphatic rings. The third kappa shape index (κ3) is 4.65. The summed E-state index contributed by atoms with van der Waals surface area (Å²) in [5.41, 5.74) is 3.06. The summed E-state index contributed by atoms with van der Waals surface area (Å²) < 4.78 is 5.49. The molecule has 6 nitrogen and oxygen atoms in total. The number of amides is 2. The zero-order valence-corrected chi connectivity index (χ0v) is 17.5. The minimum atomic E-state index is -0.261. The van der Waals surface area contributed by atoms with Gasteiger partial charge in [0.1, 0.15) is 5.75 Å². The van der Waals surface area contributed by atoms with E-state index in [-0.39, 0.29) is 18.4 Å². The van der Waals surface area contributed by atoms with Gasteiger partial charge in [0.15, 0.2) is 6.61 Å². The molecule has 2 aromatic rings. The van der Waals surface area contributed by atoms with Gasteiger partial charge in [-0.15, -0.1) is 0 Å². The molecule has 0 N–H and O–H groups in total. The number of unbranched alkanes of at least 4 members (excludes halogenated alkanes) is 1. The number of benzene rings is 2. The lowest BCUT2D eigenvalue weighted by atomic mass is 10.1. The normalized spacial score (nSPS) is 17.5. The van der Waals surface area contributed by atoms with Crippen molar-refractivity contribution in [1.29, 1.82) is 0 Å². The Labute approximate surface area is 178 Å². The number of carbonyl (C=O) groups excluding carboxylic acids is 2. The number of ether oxygens (including phenoxy) is 1. The molecule has 2 aliphatic heterocycles. The van der Waals surface area contributed by atoms with Crippen LogP contribution in [0.4, 0.5) is 5.69 Å². The van der Waals surface area contributed by atoms with Gasteiger partial charge >= 0.3 is 0 Å². The molecule has 2 amide bonds. The van der Waals surface area contributed by atoms with Crippen molar-refractivity contribution in [2.45, 2.75) is 19.8 Å². The van der Waals surface area contributed by atoms with Gasteiger partial charge in [0.05, 0.1) is 5.56 Å². The molecule has 0 spiro atoms. The summed E-state index contributed by atoms with van der Waals surface area (Å²) in [7, 11) is 0. The van der Waals surface area contributed by atoms with Crippen LogP contribution in [0.2, 0.25) is 0 Å². The first-order valence-electron chi connectivity index (χ1n) is 10.7. The van der Waals surface area contributed by atoms with E-state index in [1.54, 1.807) is 18.2 Å². The first-order chi connectivity index (χ1) is 14.6. The highest BCUT2D eigenvalue weighted by molar-refractivity contribution is 6.07. The molecule has 158 valence electrons. The molecule has 4 rings (SSSR count). The van der Waals surface area contributed by atoms with Crippen LogP contribution in [0.15, 0.2) is 48.5 Å². The van der Waals surface area contributed by atoms with E-state index in [0.717, 1.165) is 45.6 Å². The highest BCUT2D eigenvalue weighted by atomic mass is 16.5. The largest absolute Gasteiger partial charge is 0.483 e. The second kappa shape index (κ2) is 9.30. The van der Waals surface area contributed by atoms with Crippen molar-refractivity contribution < 1.29 is 14.3 Å². The van der Waals surface area contributed by atoms with Crippen molar-refractivity contribution in [3.05, 3.63) is 59.7 Å². The Morgan fingerprint density at radius 3 is 2.47 bits per heavy atom. The number of carbonyl (C=O) groups is 2. The van der Waals surface area contributed by atoms with E-state index in [1.165, 1.54) is 16.2 Å². The predicted molar refractivity (Wildman–Crippen MR) is 117 cm³/mol. The second-order valence-corrected chi connectivity index (χ2v) is 8.01. The zero-order chi connectivity index (χ0) is 20.9. The molecule has 0 atom stereocenters. The number of aryl methyl sites for hydroxylation is 1. The summed E-state index contributed by atoms with van der Waals surface area (Å²) in [5.74, 6) is -0.0207. The average molecular weight is 408 g/mol. The van der Waals surface area contributed by atoms with E-state index in [0.29, 0.717) is 17.9 Å². The van der Waals surface area contributed by atoms with Gasteiger partial charge in [-0.2, -0.15) is 0 Å². The van der Waals surface area contributed by atoms with Crippen molar-refractivity contribution in [3.8, 4) is 5.75 Å². The van der Waals surface area contributed by atoms with Crippen LogP contribution >= 0.6 is 0 Å². The van der Waals surface area contributed by atoms with Crippen molar-refractivity contribution >= 4 is 17.5 Å².